The lowest BCUT2D eigenvalue weighted by molar-refractivity contribution is 0.0634. The van der Waals surface area contributed by atoms with Gasteiger partial charge < -0.3 is 18.6 Å². The van der Waals surface area contributed by atoms with Crippen molar-refractivity contribution < 1.29 is 18.6 Å². The predicted molar refractivity (Wildman–Crippen MR) is 111 cm³/mol. The van der Waals surface area contributed by atoms with Gasteiger partial charge in [-0.3, -0.25) is 4.90 Å². The second kappa shape index (κ2) is 8.17. The number of hydrogen-bond acceptors (Lipinski definition) is 6. The maximum absolute atomic E-state index is 6.06. The van der Waals surface area contributed by atoms with Crippen molar-refractivity contribution in [3.63, 3.8) is 0 Å². The van der Waals surface area contributed by atoms with Crippen molar-refractivity contribution in [3.8, 4) is 28.7 Å². The molecule has 0 spiro atoms. The Balaban J connectivity index is 1.41. The fourth-order valence-corrected chi connectivity index (χ4v) is 3.53. The van der Waals surface area contributed by atoms with Crippen LogP contribution in [0.3, 0.4) is 0 Å². The van der Waals surface area contributed by atoms with Gasteiger partial charge in [0, 0.05) is 18.7 Å². The summed E-state index contributed by atoms with van der Waals surface area (Å²) < 4.78 is 23.1. The van der Waals surface area contributed by atoms with Gasteiger partial charge in [0.2, 0.25) is 5.89 Å². The van der Waals surface area contributed by atoms with E-state index >= 15 is 0 Å². The minimum absolute atomic E-state index is 0.0224. The maximum atomic E-state index is 6.06. The molecule has 0 unspecified atom stereocenters. The van der Waals surface area contributed by atoms with E-state index in [2.05, 4.69) is 11.9 Å². The highest BCUT2D eigenvalue weighted by Crippen LogP contribution is 2.31. The second-order valence-corrected chi connectivity index (χ2v) is 7.40. The molecule has 0 fully saturated rings. The number of aromatic nitrogens is 1. The van der Waals surface area contributed by atoms with Gasteiger partial charge in [-0.25, -0.2) is 4.98 Å². The summed E-state index contributed by atoms with van der Waals surface area (Å²) in [5.74, 6) is 3.91. The van der Waals surface area contributed by atoms with Gasteiger partial charge in [-0.2, -0.15) is 0 Å². The van der Waals surface area contributed by atoms with E-state index in [9.17, 15) is 0 Å². The Hall–Kier alpha value is -2.99. The van der Waals surface area contributed by atoms with Crippen molar-refractivity contribution in [2.45, 2.75) is 26.5 Å². The first-order valence-electron chi connectivity index (χ1n) is 9.72. The van der Waals surface area contributed by atoms with Gasteiger partial charge >= 0.3 is 0 Å². The number of nitrogens with zero attached hydrogens (tertiary/aromatic N) is 2. The van der Waals surface area contributed by atoms with E-state index in [1.165, 1.54) is 0 Å². The number of ether oxygens (including phenoxy) is 3. The summed E-state index contributed by atoms with van der Waals surface area (Å²) in [6, 6.07) is 13.7. The Morgan fingerprint density at radius 1 is 1.14 bits per heavy atom. The zero-order valence-corrected chi connectivity index (χ0v) is 17.3. The SMILES string of the molecule is COc1ccc(-c2nc(CN(C)C[C@H]3COc4ccccc4O3)c(C)o2)cc1C. The maximum Gasteiger partial charge on any atom is 0.226 e. The number of fused-ring (bicyclic) bond motifs is 1. The molecule has 3 aromatic rings. The standard InChI is InChI=1S/C23H26N2O4/c1-15-11-17(9-10-20(15)26-4)23-24-19(16(2)28-23)13-25(3)12-18-14-27-21-7-5-6-8-22(21)29-18/h5-11,18H,12-14H2,1-4H3/t18-/m0/s1. The highest BCUT2D eigenvalue weighted by Gasteiger charge is 2.23. The van der Waals surface area contributed by atoms with Crippen LogP contribution in [0, 0.1) is 13.8 Å². The van der Waals surface area contributed by atoms with E-state index in [1.807, 2.05) is 56.3 Å². The molecule has 29 heavy (non-hydrogen) atoms. The minimum Gasteiger partial charge on any atom is -0.496 e. The number of benzene rings is 2. The number of rotatable bonds is 6. The zero-order chi connectivity index (χ0) is 20.4. The van der Waals surface area contributed by atoms with Crippen molar-refractivity contribution in [2.24, 2.45) is 0 Å². The van der Waals surface area contributed by atoms with E-state index in [0.29, 0.717) is 19.0 Å². The lowest BCUT2D eigenvalue weighted by atomic mass is 10.1. The highest BCUT2D eigenvalue weighted by atomic mass is 16.6. The number of methoxy groups -OCH3 is 1. The molecule has 1 aromatic heterocycles. The first-order chi connectivity index (χ1) is 14.0. The van der Waals surface area contributed by atoms with Crippen molar-refractivity contribution in [3.05, 3.63) is 59.5 Å². The molecule has 6 heteroatoms. The Morgan fingerprint density at radius 2 is 1.93 bits per heavy atom. The quantitative estimate of drug-likeness (QED) is 0.623. The Bertz CT molecular complexity index is 998. The van der Waals surface area contributed by atoms with E-state index in [1.54, 1.807) is 7.11 Å². The fraction of sp³-hybridized carbons (Fsp3) is 0.348. The van der Waals surface area contributed by atoms with Crippen LogP contribution in [0.15, 0.2) is 46.9 Å². The summed E-state index contributed by atoms with van der Waals surface area (Å²) in [5.41, 5.74) is 2.92. The molecule has 152 valence electrons. The van der Waals surface area contributed by atoms with E-state index in [-0.39, 0.29) is 6.10 Å². The summed E-state index contributed by atoms with van der Waals surface area (Å²) in [5, 5.41) is 0. The molecule has 2 heterocycles. The summed E-state index contributed by atoms with van der Waals surface area (Å²) in [7, 11) is 3.72. The van der Waals surface area contributed by atoms with Gasteiger partial charge in [-0.1, -0.05) is 12.1 Å². The molecule has 1 aliphatic heterocycles. The number of likely N-dealkylation sites (N-methyl/N-ethyl adjacent to an activating group) is 1. The molecule has 0 N–H and O–H groups in total. The molecular formula is C23H26N2O4. The van der Waals surface area contributed by atoms with Crippen molar-refractivity contribution >= 4 is 0 Å². The molecule has 0 amide bonds. The molecule has 0 radical (unpaired) electrons. The van der Waals surface area contributed by atoms with Crippen LogP contribution in [0.4, 0.5) is 0 Å². The molecule has 0 saturated heterocycles. The van der Waals surface area contributed by atoms with Crippen LogP contribution in [0.5, 0.6) is 17.2 Å². The van der Waals surface area contributed by atoms with Crippen LogP contribution in [0.2, 0.25) is 0 Å². The van der Waals surface area contributed by atoms with Crippen LogP contribution in [0.25, 0.3) is 11.5 Å². The number of oxazole rings is 1. The van der Waals surface area contributed by atoms with Crippen molar-refractivity contribution in [1.29, 1.82) is 0 Å². The molecule has 1 atom stereocenters. The molecule has 4 rings (SSSR count). The predicted octanol–water partition coefficient (Wildman–Crippen LogP) is 4.24. The Labute approximate surface area is 171 Å². The Morgan fingerprint density at radius 3 is 2.69 bits per heavy atom. The van der Waals surface area contributed by atoms with E-state index in [4.69, 9.17) is 23.6 Å². The van der Waals surface area contributed by atoms with Gasteiger partial charge in [0.15, 0.2) is 11.5 Å². The average molecular weight is 394 g/mol. The lowest BCUT2D eigenvalue weighted by Crippen LogP contribution is -2.39. The largest absolute Gasteiger partial charge is 0.496 e. The molecule has 2 aromatic carbocycles. The fourth-order valence-electron chi connectivity index (χ4n) is 3.53. The van der Waals surface area contributed by atoms with Crippen molar-refractivity contribution in [2.75, 3.05) is 27.3 Å². The number of para-hydroxylation sites is 2. The zero-order valence-electron chi connectivity index (χ0n) is 17.3. The molecule has 0 bridgehead atoms. The van der Waals surface area contributed by atoms with Crippen LogP contribution in [0.1, 0.15) is 17.0 Å². The van der Waals surface area contributed by atoms with Crippen molar-refractivity contribution in [1.82, 2.24) is 9.88 Å². The van der Waals surface area contributed by atoms with Gasteiger partial charge in [-0.05, 0) is 56.8 Å². The molecule has 1 aliphatic rings. The normalized spacial score (nSPS) is 15.6. The first-order valence-corrected chi connectivity index (χ1v) is 9.72. The minimum atomic E-state index is -0.0224. The summed E-state index contributed by atoms with van der Waals surface area (Å²) in [6.45, 7) is 5.91. The summed E-state index contributed by atoms with van der Waals surface area (Å²) >= 11 is 0. The third-order valence-electron chi connectivity index (χ3n) is 5.04. The van der Waals surface area contributed by atoms with Gasteiger partial charge in [0.05, 0.1) is 12.8 Å². The highest BCUT2D eigenvalue weighted by molar-refractivity contribution is 5.57. The van der Waals surface area contributed by atoms with E-state index < -0.39 is 0 Å². The number of aryl methyl sites for hydroxylation is 2. The third-order valence-corrected chi connectivity index (χ3v) is 5.04. The van der Waals surface area contributed by atoms with E-state index in [0.717, 1.165) is 46.4 Å². The molecule has 0 saturated carbocycles. The molecule has 0 aliphatic carbocycles. The monoisotopic (exact) mass is 394 g/mol. The second-order valence-electron chi connectivity index (χ2n) is 7.40. The van der Waals surface area contributed by atoms with Gasteiger partial charge in [-0.15, -0.1) is 0 Å². The lowest BCUT2D eigenvalue weighted by Gasteiger charge is -2.29. The topological polar surface area (TPSA) is 57.0 Å². The first kappa shape index (κ1) is 19.3. The van der Waals surface area contributed by atoms with Crippen LogP contribution < -0.4 is 14.2 Å². The number of hydrogen-bond donors (Lipinski definition) is 0. The van der Waals surface area contributed by atoms with Gasteiger partial charge in [0.25, 0.3) is 0 Å². The summed E-state index contributed by atoms with van der Waals surface area (Å²) in [4.78, 5) is 6.90. The van der Waals surface area contributed by atoms with Gasteiger partial charge in [0.1, 0.15) is 24.2 Å². The third kappa shape index (κ3) is 4.22. The molecule has 6 nitrogen and oxygen atoms in total. The Kier molecular flexibility index (Phi) is 5.45. The van der Waals surface area contributed by atoms with Crippen LogP contribution >= 0.6 is 0 Å². The molecular weight excluding hydrogens is 368 g/mol. The smallest absolute Gasteiger partial charge is 0.226 e. The summed E-state index contributed by atoms with van der Waals surface area (Å²) in [6.07, 6.45) is -0.0224. The van der Waals surface area contributed by atoms with Crippen LogP contribution in [-0.4, -0.2) is 43.3 Å². The average Bonchev–Trinajstić information content (AvgIpc) is 3.08. The van der Waals surface area contributed by atoms with Crippen LogP contribution in [-0.2, 0) is 6.54 Å².